The van der Waals surface area contributed by atoms with Crippen molar-refractivity contribution in [1.82, 2.24) is 9.80 Å². The fourth-order valence-electron chi connectivity index (χ4n) is 5.17. The molecule has 2 aliphatic heterocycles. The predicted molar refractivity (Wildman–Crippen MR) is 140 cm³/mol. The molecular formula is C27H33Cl2N3O3. The van der Waals surface area contributed by atoms with E-state index in [1.54, 1.807) is 12.1 Å². The highest BCUT2D eigenvalue weighted by molar-refractivity contribution is 6.42. The third kappa shape index (κ3) is 7.20. The Bertz CT molecular complexity index is 1020. The molecule has 0 amide bonds. The molecule has 4 rings (SSSR count). The van der Waals surface area contributed by atoms with Gasteiger partial charge in [0.05, 0.1) is 10.0 Å². The summed E-state index contributed by atoms with van der Waals surface area (Å²) in [4.78, 5) is 16.7. The fourth-order valence-corrected chi connectivity index (χ4v) is 5.46. The van der Waals surface area contributed by atoms with Crippen LogP contribution in [0.4, 0.5) is 0 Å². The number of likely N-dealkylation sites (tertiary alicyclic amines) is 2. The van der Waals surface area contributed by atoms with Gasteiger partial charge in [0.15, 0.2) is 0 Å². The number of piperidine rings is 2. The van der Waals surface area contributed by atoms with Gasteiger partial charge in [-0.25, -0.2) is 0 Å². The summed E-state index contributed by atoms with van der Waals surface area (Å²) in [5.74, 6) is 0.588. The SMILES string of the molecule is N=Cc1cccc(C[C@@H](C(=O)O)N2CCC(CN3CCC(Oc4ccc(Cl)c(Cl)c4)CC3)CC2)c1. The summed E-state index contributed by atoms with van der Waals surface area (Å²) >= 11 is 12.1. The van der Waals surface area contributed by atoms with Crippen molar-refractivity contribution < 1.29 is 14.6 Å². The quantitative estimate of drug-likeness (QED) is 0.444. The summed E-state index contributed by atoms with van der Waals surface area (Å²) in [5, 5.41) is 18.4. The monoisotopic (exact) mass is 517 g/mol. The maximum absolute atomic E-state index is 12.0. The van der Waals surface area contributed by atoms with Crippen LogP contribution in [0.3, 0.4) is 0 Å². The molecule has 2 aromatic carbocycles. The molecule has 0 aromatic heterocycles. The van der Waals surface area contributed by atoms with Crippen LogP contribution in [-0.4, -0.2) is 72.0 Å². The lowest BCUT2D eigenvalue weighted by Crippen LogP contribution is -2.48. The van der Waals surface area contributed by atoms with E-state index in [0.29, 0.717) is 22.4 Å². The Morgan fingerprint density at radius 3 is 2.46 bits per heavy atom. The van der Waals surface area contributed by atoms with Crippen molar-refractivity contribution in [3.8, 4) is 5.75 Å². The molecule has 2 N–H and O–H groups in total. The van der Waals surface area contributed by atoms with Crippen LogP contribution in [0.2, 0.25) is 10.0 Å². The normalized spacial score (nSPS) is 19.4. The molecule has 2 aromatic rings. The average Bonchev–Trinajstić information content (AvgIpc) is 2.86. The number of aliphatic carboxylic acids is 1. The van der Waals surface area contributed by atoms with Crippen molar-refractivity contribution >= 4 is 35.4 Å². The van der Waals surface area contributed by atoms with Crippen molar-refractivity contribution in [2.75, 3.05) is 32.7 Å². The highest BCUT2D eigenvalue weighted by Crippen LogP contribution is 2.29. The molecule has 35 heavy (non-hydrogen) atoms. The fraction of sp³-hybridized carbons (Fsp3) is 0.481. The first-order valence-corrected chi connectivity index (χ1v) is 13.1. The molecule has 0 spiro atoms. The van der Waals surface area contributed by atoms with Crippen LogP contribution < -0.4 is 4.74 Å². The number of hydrogen-bond acceptors (Lipinski definition) is 5. The number of carbonyl (C=O) groups is 1. The minimum atomic E-state index is -0.771. The Morgan fingerprint density at radius 1 is 1.06 bits per heavy atom. The van der Waals surface area contributed by atoms with Gasteiger partial charge in [-0.05, 0) is 74.4 Å². The molecule has 2 saturated heterocycles. The molecular weight excluding hydrogens is 485 g/mol. The second-order valence-electron chi connectivity index (χ2n) is 9.62. The number of carboxylic acids is 1. The first kappa shape index (κ1) is 26.0. The van der Waals surface area contributed by atoms with Gasteiger partial charge in [0.2, 0.25) is 0 Å². The zero-order valence-electron chi connectivity index (χ0n) is 19.8. The number of hydrogen-bond donors (Lipinski definition) is 2. The van der Waals surface area contributed by atoms with Crippen molar-refractivity contribution in [3.63, 3.8) is 0 Å². The minimum absolute atomic E-state index is 0.188. The first-order valence-electron chi connectivity index (χ1n) is 12.3. The number of halogens is 2. The van der Waals surface area contributed by atoms with Gasteiger partial charge in [0, 0.05) is 31.9 Å². The molecule has 0 saturated carbocycles. The van der Waals surface area contributed by atoms with Gasteiger partial charge in [0.1, 0.15) is 17.9 Å². The molecule has 2 fully saturated rings. The van der Waals surface area contributed by atoms with E-state index in [1.165, 1.54) is 6.21 Å². The average molecular weight is 518 g/mol. The Labute approximate surface area is 217 Å². The Morgan fingerprint density at radius 2 is 1.80 bits per heavy atom. The maximum atomic E-state index is 12.0. The highest BCUT2D eigenvalue weighted by Gasteiger charge is 2.31. The van der Waals surface area contributed by atoms with E-state index in [-0.39, 0.29) is 6.10 Å². The standard InChI is InChI=1S/C27H33Cl2N3O3/c28-24-5-4-23(16-25(24)29)35-22-8-10-31(11-9-22)18-19-6-12-32(13-7-19)26(27(33)34)15-20-2-1-3-21(14-20)17-30/h1-5,14,16-17,19,22,26,30H,6-13,15,18H2,(H,33,34)/t26-/m0/s1. The highest BCUT2D eigenvalue weighted by atomic mass is 35.5. The molecule has 0 bridgehead atoms. The minimum Gasteiger partial charge on any atom is -0.490 e. The molecule has 2 heterocycles. The van der Waals surface area contributed by atoms with Gasteiger partial charge in [0.25, 0.3) is 0 Å². The Hall–Kier alpha value is -2.12. The third-order valence-electron chi connectivity index (χ3n) is 7.17. The van der Waals surface area contributed by atoms with Crippen LogP contribution in [0, 0.1) is 11.3 Å². The van der Waals surface area contributed by atoms with E-state index in [4.69, 9.17) is 33.3 Å². The summed E-state index contributed by atoms with van der Waals surface area (Å²) in [5.41, 5.74) is 1.77. The number of nitrogens with one attached hydrogen (secondary N) is 1. The predicted octanol–water partition coefficient (Wildman–Crippen LogP) is 5.24. The number of rotatable bonds is 9. The molecule has 0 aliphatic carbocycles. The molecule has 8 heteroatoms. The summed E-state index contributed by atoms with van der Waals surface area (Å²) in [7, 11) is 0. The molecule has 2 aliphatic rings. The van der Waals surface area contributed by atoms with Crippen LogP contribution >= 0.6 is 23.2 Å². The van der Waals surface area contributed by atoms with Gasteiger partial charge in [-0.15, -0.1) is 0 Å². The zero-order chi connectivity index (χ0) is 24.8. The van der Waals surface area contributed by atoms with Crippen LogP contribution in [0.5, 0.6) is 5.75 Å². The van der Waals surface area contributed by atoms with E-state index in [0.717, 1.165) is 75.3 Å². The van der Waals surface area contributed by atoms with Crippen molar-refractivity contribution in [2.24, 2.45) is 5.92 Å². The Kier molecular flexibility index (Phi) is 9.06. The summed E-state index contributed by atoms with van der Waals surface area (Å²) in [6.45, 7) is 4.69. The Balaban J connectivity index is 1.22. The van der Waals surface area contributed by atoms with Gasteiger partial charge in [-0.3, -0.25) is 9.69 Å². The van der Waals surface area contributed by atoms with Crippen LogP contribution in [0.25, 0.3) is 0 Å². The lowest BCUT2D eigenvalue weighted by Gasteiger charge is -2.39. The smallest absolute Gasteiger partial charge is 0.321 e. The lowest BCUT2D eigenvalue weighted by molar-refractivity contribution is -0.144. The second kappa shape index (κ2) is 12.2. The van der Waals surface area contributed by atoms with Crippen LogP contribution in [-0.2, 0) is 11.2 Å². The first-order chi connectivity index (χ1) is 16.9. The molecule has 0 unspecified atom stereocenters. The number of benzene rings is 2. The van der Waals surface area contributed by atoms with Gasteiger partial charge >= 0.3 is 5.97 Å². The molecule has 188 valence electrons. The number of nitrogens with zero attached hydrogens (tertiary/aromatic N) is 2. The second-order valence-corrected chi connectivity index (χ2v) is 10.4. The van der Waals surface area contributed by atoms with Gasteiger partial charge in [-0.1, -0.05) is 47.5 Å². The summed E-state index contributed by atoms with van der Waals surface area (Å²) in [6.07, 6.45) is 5.95. The van der Waals surface area contributed by atoms with E-state index >= 15 is 0 Å². The topological polar surface area (TPSA) is 76.9 Å². The van der Waals surface area contributed by atoms with Crippen LogP contribution in [0.15, 0.2) is 42.5 Å². The third-order valence-corrected chi connectivity index (χ3v) is 7.91. The van der Waals surface area contributed by atoms with E-state index < -0.39 is 12.0 Å². The van der Waals surface area contributed by atoms with E-state index in [2.05, 4.69) is 9.80 Å². The lowest BCUT2D eigenvalue weighted by atomic mass is 9.93. The number of carboxylic acid groups (broad SMARTS) is 1. The van der Waals surface area contributed by atoms with E-state index in [9.17, 15) is 9.90 Å². The molecule has 0 radical (unpaired) electrons. The van der Waals surface area contributed by atoms with Gasteiger partial charge in [-0.2, -0.15) is 0 Å². The van der Waals surface area contributed by atoms with E-state index in [1.807, 2.05) is 30.3 Å². The maximum Gasteiger partial charge on any atom is 0.321 e. The van der Waals surface area contributed by atoms with Crippen molar-refractivity contribution in [3.05, 3.63) is 63.6 Å². The van der Waals surface area contributed by atoms with Crippen molar-refractivity contribution in [1.29, 1.82) is 5.41 Å². The zero-order valence-corrected chi connectivity index (χ0v) is 21.3. The largest absolute Gasteiger partial charge is 0.490 e. The van der Waals surface area contributed by atoms with Gasteiger partial charge < -0.3 is 20.2 Å². The molecule has 6 nitrogen and oxygen atoms in total. The molecule has 1 atom stereocenters. The van der Waals surface area contributed by atoms with Crippen molar-refractivity contribution in [2.45, 2.75) is 44.2 Å². The number of ether oxygens (including phenoxy) is 1. The summed E-state index contributed by atoms with van der Waals surface area (Å²) in [6, 6.07) is 12.5. The van der Waals surface area contributed by atoms with Crippen LogP contribution in [0.1, 0.15) is 36.8 Å². The summed E-state index contributed by atoms with van der Waals surface area (Å²) < 4.78 is 6.11.